The zero-order valence-corrected chi connectivity index (χ0v) is 16.6. The maximum Gasteiger partial charge on any atom is 0.227 e. The van der Waals surface area contributed by atoms with Gasteiger partial charge in [-0.1, -0.05) is 20.8 Å². The third-order valence-electron chi connectivity index (χ3n) is 5.20. The predicted octanol–water partition coefficient (Wildman–Crippen LogP) is 3.51. The van der Waals surface area contributed by atoms with Gasteiger partial charge in [-0.25, -0.2) is 9.97 Å². The average Bonchev–Trinajstić information content (AvgIpc) is 3.13. The molecule has 0 atom stereocenters. The Labute approximate surface area is 164 Å². The molecule has 1 amide bonds. The monoisotopic (exact) mass is 378 g/mol. The Kier molecular flexibility index (Phi) is 4.75. The number of hydrogen-bond acceptors (Lipinski definition) is 5. The van der Waals surface area contributed by atoms with Crippen molar-refractivity contribution in [3.63, 3.8) is 0 Å². The Morgan fingerprint density at radius 1 is 1.21 bits per heavy atom. The quantitative estimate of drug-likeness (QED) is 0.728. The standard InChI is InChI=1S/C21H26N6O/c1-21(2,3)20-25-16-5-4-15(12-17(16)26-20)24-19(28)14-6-10-27(11-7-14)18-13-22-8-9-23-18/h4-5,8-9,12-14H,6-7,10-11H2,1-3H3,(H,24,28)(H,25,26). The third kappa shape index (κ3) is 3.83. The third-order valence-corrected chi connectivity index (χ3v) is 5.20. The molecule has 3 heterocycles. The molecule has 1 fully saturated rings. The normalized spacial score (nSPS) is 15.8. The fourth-order valence-corrected chi connectivity index (χ4v) is 3.51. The van der Waals surface area contributed by atoms with Gasteiger partial charge in [0.05, 0.1) is 17.2 Å². The number of aromatic nitrogens is 4. The lowest BCUT2D eigenvalue weighted by molar-refractivity contribution is -0.120. The number of benzene rings is 1. The number of H-pyrrole nitrogens is 1. The average molecular weight is 378 g/mol. The van der Waals surface area contributed by atoms with Crippen LogP contribution < -0.4 is 10.2 Å². The highest BCUT2D eigenvalue weighted by atomic mass is 16.1. The van der Waals surface area contributed by atoms with E-state index in [1.165, 1.54) is 0 Å². The Hall–Kier alpha value is -2.96. The van der Waals surface area contributed by atoms with E-state index >= 15 is 0 Å². The molecule has 146 valence electrons. The van der Waals surface area contributed by atoms with Gasteiger partial charge in [-0.15, -0.1) is 0 Å². The van der Waals surface area contributed by atoms with Crippen LogP contribution in [-0.4, -0.2) is 38.9 Å². The van der Waals surface area contributed by atoms with Crippen molar-refractivity contribution in [2.24, 2.45) is 5.92 Å². The van der Waals surface area contributed by atoms with Gasteiger partial charge in [0.2, 0.25) is 5.91 Å². The molecule has 2 aromatic heterocycles. The van der Waals surface area contributed by atoms with Gasteiger partial charge in [0.25, 0.3) is 0 Å². The van der Waals surface area contributed by atoms with Crippen molar-refractivity contribution in [2.45, 2.75) is 39.0 Å². The number of carbonyl (C=O) groups is 1. The van der Waals surface area contributed by atoms with Gasteiger partial charge in [-0.05, 0) is 31.0 Å². The number of anilines is 2. The fourth-order valence-electron chi connectivity index (χ4n) is 3.51. The van der Waals surface area contributed by atoms with Gasteiger partial charge in [-0.2, -0.15) is 0 Å². The number of nitrogens with zero attached hydrogens (tertiary/aromatic N) is 4. The van der Waals surface area contributed by atoms with E-state index in [1.807, 2.05) is 18.2 Å². The second kappa shape index (κ2) is 7.22. The van der Waals surface area contributed by atoms with E-state index < -0.39 is 0 Å². The Bertz CT molecular complexity index is 967. The molecule has 0 spiro atoms. The van der Waals surface area contributed by atoms with Crippen LogP contribution in [0.25, 0.3) is 11.0 Å². The van der Waals surface area contributed by atoms with Crippen LogP contribution >= 0.6 is 0 Å². The number of nitrogens with one attached hydrogen (secondary N) is 2. The van der Waals surface area contributed by atoms with Gasteiger partial charge >= 0.3 is 0 Å². The summed E-state index contributed by atoms with van der Waals surface area (Å²) in [7, 11) is 0. The number of piperidine rings is 1. The first-order chi connectivity index (χ1) is 13.4. The summed E-state index contributed by atoms with van der Waals surface area (Å²) < 4.78 is 0. The molecule has 0 saturated carbocycles. The van der Waals surface area contributed by atoms with Crippen molar-refractivity contribution in [1.29, 1.82) is 0 Å². The van der Waals surface area contributed by atoms with Crippen molar-refractivity contribution in [3.8, 4) is 0 Å². The summed E-state index contributed by atoms with van der Waals surface area (Å²) in [5, 5.41) is 3.07. The molecule has 28 heavy (non-hydrogen) atoms. The van der Waals surface area contributed by atoms with Gasteiger partial charge in [0.15, 0.2) is 0 Å². The summed E-state index contributed by atoms with van der Waals surface area (Å²) in [5.74, 6) is 1.91. The van der Waals surface area contributed by atoms with E-state index in [0.717, 1.165) is 54.3 Å². The molecule has 7 nitrogen and oxygen atoms in total. The predicted molar refractivity (Wildman–Crippen MR) is 110 cm³/mol. The van der Waals surface area contributed by atoms with Crippen molar-refractivity contribution in [2.75, 3.05) is 23.3 Å². The Morgan fingerprint density at radius 3 is 2.68 bits per heavy atom. The minimum atomic E-state index is -0.0421. The molecule has 0 unspecified atom stereocenters. The molecular formula is C21H26N6O. The molecule has 1 aliphatic heterocycles. The molecule has 7 heteroatoms. The minimum absolute atomic E-state index is 0.00974. The summed E-state index contributed by atoms with van der Waals surface area (Å²) in [4.78, 5) is 31.4. The summed E-state index contributed by atoms with van der Waals surface area (Å²) in [5.41, 5.74) is 2.62. The topological polar surface area (TPSA) is 86.8 Å². The van der Waals surface area contributed by atoms with Crippen LogP contribution in [0.3, 0.4) is 0 Å². The second-order valence-corrected chi connectivity index (χ2v) is 8.38. The number of fused-ring (bicyclic) bond motifs is 1. The molecule has 1 saturated heterocycles. The Balaban J connectivity index is 1.40. The highest BCUT2D eigenvalue weighted by Gasteiger charge is 2.26. The van der Waals surface area contributed by atoms with Gasteiger partial charge in [0.1, 0.15) is 11.6 Å². The van der Waals surface area contributed by atoms with Crippen molar-refractivity contribution in [1.82, 2.24) is 19.9 Å². The highest BCUT2D eigenvalue weighted by Crippen LogP contribution is 2.26. The summed E-state index contributed by atoms with van der Waals surface area (Å²) in [6.07, 6.45) is 6.76. The van der Waals surface area contributed by atoms with Crippen LogP contribution in [0.5, 0.6) is 0 Å². The molecule has 0 radical (unpaired) electrons. The van der Waals surface area contributed by atoms with Gasteiger partial charge in [-0.3, -0.25) is 9.78 Å². The lowest BCUT2D eigenvalue weighted by Crippen LogP contribution is -2.38. The van der Waals surface area contributed by atoms with Crippen LogP contribution in [0.1, 0.15) is 39.4 Å². The zero-order chi connectivity index (χ0) is 19.7. The van der Waals surface area contributed by atoms with Crippen molar-refractivity contribution >= 4 is 28.4 Å². The van der Waals surface area contributed by atoms with Crippen LogP contribution in [-0.2, 0) is 10.2 Å². The summed E-state index contributed by atoms with van der Waals surface area (Å²) >= 11 is 0. The maximum absolute atomic E-state index is 12.7. The highest BCUT2D eigenvalue weighted by molar-refractivity contribution is 5.94. The van der Waals surface area contributed by atoms with E-state index in [4.69, 9.17) is 0 Å². The van der Waals surface area contributed by atoms with E-state index in [9.17, 15) is 4.79 Å². The molecule has 3 aromatic rings. The van der Waals surface area contributed by atoms with E-state index in [1.54, 1.807) is 18.6 Å². The van der Waals surface area contributed by atoms with Crippen molar-refractivity contribution in [3.05, 3.63) is 42.6 Å². The van der Waals surface area contributed by atoms with Gasteiger partial charge in [0, 0.05) is 42.5 Å². The van der Waals surface area contributed by atoms with Gasteiger partial charge < -0.3 is 15.2 Å². The number of imidazole rings is 1. The minimum Gasteiger partial charge on any atom is -0.355 e. The molecule has 4 rings (SSSR count). The zero-order valence-electron chi connectivity index (χ0n) is 16.6. The number of rotatable bonds is 3. The first kappa shape index (κ1) is 18.4. The first-order valence-corrected chi connectivity index (χ1v) is 9.72. The number of hydrogen-bond donors (Lipinski definition) is 2. The first-order valence-electron chi connectivity index (χ1n) is 9.72. The number of aromatic amines is 1. The molecular weight excluding hydrogens is 352 g/mol. The SMILES string of the molecule is CC(C)(C)c1nc2ccc(NC(=O)C3CCN(c4cnccn4)CC3)cc2[nH]1. The van der Waals surface area contributed by atoms with Crippen LogP contribution in [0.15, 0.2) is 36.8 Å². The lowest BCUT2D eigenvalue weighted by atomic mass is 9.96. The molecule has 0 bridgehead atoms. The molecule has 0 aliphatic carbocycles. The van der Waals surface area contributed by atoms with Crippen LogP contribution in [0, 0.1) is 5.92 Å². The van der Waals surface area contributed by atoms with Crippen LogP contribution in [0.2, 0.25) is 0 Å². The smallest absolute Gasteiger partial charge is 0.227 e. The largest absolute Gasteiger partial charge is 0.355 e. The number of carbonyl (C=O) groups excluding carboxylic acids is 1. The van der Waals surface area contributed by atoms with E-state index in [0.29, 0.717) is 0 Å². The summed E-state index contributed by atoms with van der Waals surface area (Å²) in [6.45, 7) is 8.00. The molecule has 2 N–H and O–H groups in total. The Morgan fingerprint density at radius 2 is 2.00 bits per heavy atom. The van der Waals surface area contributed by atoms with Crippen LogP contribution in [0.4, 0.5) is 11.5 Å². The molecule has 1 aromatic carbocycles. The lowest BCUT2D eigenvalue weighted by Gasteiger charge is -2.31. The second-order valence-electron chi connectivity index (χ2n) is 8.38. The fraction of sp³-hybridized carbons (Fsp3) is 0.429. The van der Waals surface area contributed by atoms with Crippen molar-refractivity contribution < 1.29 is 4.79 Å². The van der Waals surface area contributed by atoms with E-state index in [-0.39, 0.29) is 17.2 Å². The maximum atomic E-state index is 12.7. The molecule has 1 aliphatic rings. The number of amides is 1. The summed E-state index contributed by atoms with van der Waals surface area (Å²) in [6, 6.07) is 5.83. The van der Waals surface area contributed by atoms with E-state index in [2.05, 4.69) is 50.9 Å².